The molecule has 0 saturated carbocycles. The van der Waals surface area contributed by atoms with Crippen LogP contribution in [0.15, 0.2) is 24.3 Å². The zero-order valence-electron chi connectivity index (χ0n) is 23.4. The minimum absolute atomic E-state index is 0.0190. The van der Waals surface area contributed by atoms with Crippen LogP contribution in [0.5, 0.6) is 23.0 Å². The van der Waals surface area contributed by atoms with Gasteiger partial charge in [0.05, 0.1) is 7.11 Å². The molecule has 0 atom stereocenters. The van der Waals surface area contributed by atoms with Gasteiger partial charge in [-0.05, 0) is 42.5 Å². The fourth-order valence-electron chi connectivity index (χ4n) is 4.65. The molecule has 0 amide bonds. The Balaban J connectivity index is 2.27. The topological polar surface area (TPSA) is 130 Å². The fraction of sp³-hybridized carbons (Fsp3) is 0.516. The lowest BCUT2D eigenvalue weighted by Gasteiger charge is -2.15. The molecule has 0 aliphatic rings. The molecule has 2 aromatic rings. The normalized spacial score (nSPS) is 10.8. The number of Topliss-reactive ketones (excluding diaryl/α,β-unsaturated/α-hetero) is 1. The molecule has 0 bridgehead atoms. The number of ether oxygens (including phenoxy) is 2. The number of aryl methyl sites for hydroxylation is 1. The largest absolute Gasteiger partial charge is 0.508 e. The number of carboxylic acids is 1. The van der Waals surface area contributed by atoms with E-state index in [2.05, 4.69) is 13.8 Å². The minimum atomic E-state index is -1.14. The number of aromatic hydroxyl groups is 2. The molecular weight excluding hydrogens is 500 g/mol. The molecule has 0 fully saturated rings. The number of carbonyl (C=O) groups is 3. The van der Waals surface area contributed by atoms with E-state index in [-0.39, 0.29) is 46.1 Å². The van der Waals surface area contributed by atoms with Crippen molar-refractivity contribution in [3.63, 3.8) is 0 Å². The first-order valence-electron chi connectivity index (χ1n) is 13.9. The summed E-state index contributed by atoms with van der Waals surface area (Å²) in [6.45, 7) is 4.24. The van der Waals surface area contributed by atoms with E-state index in [0.717, 1.165) is 70.3 Å². The van der Waals surface area contributed by atoms with E-state index >= 15 is 0 Å². The number of phenols is 2. The summed E-state index contributed by atoms with van der Waals surface area (Å²) < 4.78 is 10.9. The van der Waals surface area contributed by atoms with E-state index < -0.39 is 17.7 Å². The summed E-state index contributed by atoms with van der Waals surface area (Å²) in [5, 5.41) is 30.3. The number of carboxylic acid groups (broad SMARTS) is 1. The highest BCUT2D eigenvalue weighted by Crippen LogP contribution is 2.33. The molecule has 0 unspecified atom stereocenters. The predicted octanol–water partition coefficient (Wildman–Crippen LogP) is 7.01. The van der Waals surface area contributed by atoms with Gasteiger partial charge in [-0.25, -0.2) is 9.59 Å². The van der Waals surface area contributed by atoms with Crippen LogP contribution in [0.4, 0.5) is 0 Å². The third-order valence-electron chi connectivity index (χ3n) is 6.69. The second-order valence-electron chi connectivity index (χ2n) is 9.90. The smallest absolute Gasteiger partial charge is 0.347 e. The zero-order valence-corrected chi connectivity index (χ0v) is 23.4. The molecule has 0 saturated heterocycles. The van der Waals surface area contributed by atoms with Crippen molar-refractivity contribution in [1.82, 2.24) is 0 Å². The maximum Gasteiger partial charge on any atom is 0.347 e. The molecule has 0 radical (unpaired) electrons. The van der Waals surface area contributed by atoms with Crippen LogP contribution in [-0.4, -0.2) is 40.2 Å². The number of phenolic OH excluding ortho intramolecular Hbond substituents is 2. The molecule has 2 rings (SSSR count). The highest BCUT2D eigenvalue weighted by Gasteiger charge is 2.24. The van der Waals surface area contributed by atoms with Crippen LogP contribution in [0.2, 0.25) is 0 Å². The first-order chi connectivity index (χ1) is 18.7. The number of rotatable bonds is 18. The van der Waals surface area contributed by atoms with Crippen molar-refractivity contribution in [2.75, 3.05) is 7.11 Å². The minimum Gasteiger partial charge on any atom is -0.508 e. The Kier molecular flexibility index (Phi) is 13.3. The molecule has 0 heterocycles. The summed E-state index contributed by atoms with van der Waals surface area (Å²) in [5.41, 5.74) is 0.455. The lowest BCUT2D eigenvalue weighted by Crippen LogP contribution is -2.15. The first-order valence-corrected chi connectivity index (χ1v) is 13.9. The Hall–Kier alpha value is -3.55. The van der Waals surface area contributed by atoms with Gasteiger partial charge in [-0.1, -0.05) is 65.2 Å². The summed E-state index contributed by atoms with van der Waals surface area (Å²) in [5.74, 6) is -2.82. The Morgan fingerprint density at radius 3 is 2.03 bits per heavy atom. The standard InChI is InChI=1S/C31H42O8/c1-4-6-8-10-12-14-21-18-25(20-27(38-3)29(21)30(35)36)39-31(37)28-22(17-24(33)19-26(28)34)16-23(32)15-13-11-9-7-5-2/h17-20,33-34H,4-16H2,1-3H3,(H,35,36). The van der Waals surface area contributed by atoms with Gasteiger partial charge in [0.25, 0.3) is 0 Å². The lowest BCUT2D eigenvalue weighted by atomic mass is 9.98. The Labute approximate surface area is 231 Å². The molecule has 0 spiro atoms. The average Bonchev–Trinajstić information content (AvgIpc) is 2.87. The van der Waals surface area contributed by atoms with Crippen LogP contribution in [0.25, 0.3) is 0 Å². The van der Waals surface area contributed by atoms with Crippen molar-refractivity contribution < 1.29 is 39.2 Å². The van der Waals surface area contributed by atoms with E-state index in [1.165, 1.54) is 25.3 Å². The van der Waals surface area contributed by atoms with Gasteiger partial charge >= 0.3 is 11.9 Å². The highest BCUT2D eigenvalue weighted by atomic mass is 16.5. The summed E-state index contributed by atoms with van der Waals surface area (Å²) in [7, 11) is 1.34. The van der Waals surface area contributed by atoms with Crippen LogP contribution >= 0.6 is 0 Å². The van der Waals surface area contributed by atoms with E-state index in [1.807, 2.05) is 0 Å². The summed E-state index contributed by atoms with van der Waals surface area (Å²) in [4.78, 5) is 37.8. The number of unbranched alkanes of at least 4 members (excludes halogenated alkanes) is 8. The average molecular weight is 543 g/mol. The van der Waals surface area contributed by atoms with Crippen molar-refractivity contribution >= 4 is 17.7 Å². The monoisotopic (exact) mass is 542 g/mol. The van der Waals surface area contributed by atoms with Crippen LogP contribution < -0.4 is 9.47 Å². The summed E-state index contributed by atoms with van der Waals surface area (Å²) in [6, 6.07) is 5.12. The van der Waals surface area contributed by atoms with Crippen LogP contribution in [-0.2, 0) is 17.6 Å². The van der Waals surface area contributed by atoms with E-state index in [1.54, 1.807) is 0 Å². The number of hydrogen-bond donors (Lipinski definition) is 3. The summed E-state index contributed by atoms with van der Waals surface area (Å²) >= 11 is 0. The maximum absolute atomic E-state index is 13.2. The molecule has 8 nitrogen and oxygen atoms in total. The fourth-order valence-corrected chi connectivity index (χ4v) is 4.65. The molecule has 2 aromatic carbocycles. The number of methoxy groups -OCH3 is 1. The predicted molar refractivity (Wildman–Crippen MR) is 149 cm³/mol. The van der Waals surface area contributed by atoms with Gasteiger partial charge < -0.3 is 24.8 Å². The number of hydrogen-bond acceptors (Lipinski definition) is 7. The van der Waals surface area contributed by atoms with Crippen molar-refractivity contribution in [2.24, 2.45) is 0 Å². The number of benzene rings is 2. The Bertz CT molecular complexity index is 1120. The summed E-state index contributed by atoms with van der Waals surface area (Å²) in [6.07, 6.45) is 10.6. The van der Waals surface area contributed by atoms with Gasteiger partial charge in [-0.15, -0.1) is 0 Å². The maximum atomic E-state index is 13.2. The van der Waals surface area contributed by atoms with Gasteiger partial charge in [0.15, 0.2) is 0 Å². The van der Waals surface area contributed by atoms with Crippen LogP contribution in [0.3, 0.4) is 0 Å². The van der Waals surface area contributed by atoms with Gasteiger partial charge in [0.1, 0.15) is 39.9 Å². The second kappa shape index (κ2) is 16.4. The molecule has 39 heavy (non-hydrogen) atoms. The quantitative estimate of drug-likeness (QED) is 0.104. The molecule has 0 aromatic heterocycles. The van der Waals surface area contributed by atoms with E-state index in [4.69, 9.17) is 9.47 Å². The lowest BCUT2D eigenvalue weighted by molar-refractivity contribution is -0.118. The van der Waals surface area contributed by atoms with E-state index in [9.17, 15) is 29.7 Å². The van der Waals surface area contributed by atoms with Crippen molar-refractivity contribution in [1.29, 1.82) is 0 Å². The Morgan fingerprint density at radius 2 is 1.41 bits per heavy atom. The molecule has 0 aliphatic heterocycles. The Morgan fingerprint density at radius 1 is 0.769 bits per heavy atom. The molecule has 8 heteroatoms. The number of carbonyl (C=O) groups excluding carboxylic acids is 2. The molecular formula is C31H42O8. The number of aromatic carboxylic acids is 1. The van der Waals surface area contributed by atoms with Crippen molar-refractivity contribution in [3.8, 4) is 23.0 Å². The van der Waals surface area contributed by atoms with Gasteiger partial charge in [-0.2, -0.15) is 0 Å². The van der Waals surface area contributed by atoms with Crippen molar-refractivity contribution in [3.05, 3.63) is 46.5 Å². The SMILES string of the molecule is CCCCCCCC(=O)Cc1cc(O)cc(O)c1C(=O)Oc1cc(CCCCCCC)c(C(=O)O)c(OC)c1. The second-order valence-corrected chi connectivity index (χ2v) is 9.90. The zero-order chi connectivity index (χ0) is 28.8. The molecule has 214 valence electrons. The first kappa shape index (κ1) is 31.7. The van der Waals surface area contributed by atoms with E-state index in [0.29, 0.717) is 18.4 Å². The van der Waals surface area contributed by atoms with Gasteiger partial charge in [0, 0.05) is 25.0 Å². The van der Waals surface area contributed by atoms with Crippen LogP contribution in [0.1, 0.15) is 116 Å². The third-order valence-corrected chi connectivity index (χ3v) is 6.69. The van der Waals surface area contributed by atoms with Gasteiger partial charge in [0.2, 0.25) is 0 Å². The third kappa shape index (κ3) is 9.93. The number of esters is 1. The molecule has 3 N–H and O–H groups in total. The molecule has 0 aliphatic carbocycles. The number of ketones is 1. The van der Waals surface area contributed by atoms with Crippen molar-refractivity contribution in [2.45, 2.75) is 97.3 Å². The van der Waals surface area contributed by atoms with Gasteiger partial charge in [-0.3, -0.25) is 4.79 Å². The van der Waals surface area contributed by atoms with Crippen LogP contribution in [0, 0.1) is 0 Å². The highest BCUT2D eigenvalue weighted by molar-refractivity contribution is 5.98.